The van der Waals surface area contributed by atoms with Crippen molar-refractivity contribution in [1.82, 2.24) is 14.9 Å². The van der Waals surface area contributed by atoms with Gasteiger partial charge in [0.15, 0.2) is 0 Å². The number of benzene rings is 2. The summed E-state index contributed by atoms with van der Waals surface area (Å²) in [6.45, 7) is 0. The van der Waals surface area contributed by atoms with Crippen LogP contribution in [-0.2, 0) is 0 Å². The highest BCUT2D eigenvalue weighted by atomic mass is 19.1. The van der Waals surface area contributed by atoms with Gasteiger partial charge in [-0.3, -0.25) is 4.79 Å². The molecule has 30 heavy (non-hydrogen) atoms. The average Bonchev–Trinajstić information content (AvgIpc) is 2.81. The summed E-state index contributed by atoms with van der Waals surface area (Å²) in [7, 11) is 1.90. The van der Waals surface area contributed by atoms with E-state index < -0.39 is 0 Å². The smallest absolute Gasteiger partial charge is 0.321 e. The number of aromatic nitrogens is 2. The topological polar surface area (TPSA) is 55.3 Å². The minimum Gasteiger partial charge on any atom is -0.424 e. The SMILES string of the molecule is CN(C(=O)c1ccc(-c2cnc(Oc3ccc(F)cc3)nc2)cc1)C1CCCCC1. The van der Waals surface area contributed by atoms with Crippen molar-refractivity contribution in [1.29, 1.82) is 0 Å². The number of nitrogens with zero attached hydrogens (tertiary/aromatic N) is 3. The Morgan fingerprint density at radius 1 is 0.933 bits per heavy atom. The van der Waals surface area contributed by atoms with Gasteiger partial charge in [-0.2, -0.15) is 0 Å². The van der Waals surface area contributed by atoms with Gasteiger partial charge in [0.25, 0.3) is 5.91 Å². The number of carbonyl (C=O) groups is 1. The van der Waals surface area contributed by atoms with E-state index >= 15 is 0 Å². The predicted molar refractivity (Wildman–Crippen MR) is 113 cm³/mol. The highest BCUT2D eigenvalue weighted by Crippen LogP contribution is 2.25. The summed E-state index contributed by atoms with van der Waals surface area (Å²) in [6.07, 6.45) is 9.16. The van der Waals surface area contributed by atoms with Gasteiger partial charge in [-0.1, -0.05) is 31.4 Å². The molecule has 0 bridgehead atoms. The third kappa shape index (κ3) is 4.64. The summed E-state index contributed by atoms with van der Waals surface area (Å²) in [5.41, 5.74) is 2.42. The summed E-state index contributed by atoms with van der Waals surface area (Å²) in [6, 6.07) is 13.7. The number of amides is 1. The molecule has 0 radical (unpaired) electrons. The van der Waals surface area contributed by atoms with E-state index in [1.807, 2.05) is 36.2 Å². The van der Waals surface area contributed by atoms with Crippen LogP contribution in [0.2, 0.25) is 0 Å². The van der Waals surface area contributed by atoms with Crippen LogP contribution < -0.4 is 4.74 Å². The average molecular weight is 405 g/mol. The summed E-state index contributed by atoms with van der Waals surface area (Å²) >= 11 is 0. The quantitative estimate of drug-likeness (QED) is 0.564. The van der Waals surface area contributed by atoms with Crippen LogP contribution in [0.5, 0.6) is 11.8 Å². The van der Waals surface area contributed by atoms with Crippen LogP contribution >= 0.6 is 0 Å². The second kappa shape index (κ2) is 9.03. The highest BCUT2D eigenvalue weighted by Gasteiger charge is 2.22. The van der Waals surface area contributed by atoms with E-state index in [-0.39, 0.29) is 17.7 Å². The Balaban J connectivity index is 1.42. The molecule has 1 heterocycles. The Bertz CT molecular complexity index is 982. The summed E-state index contributed by atoms with van der Waals surface area (Å²) in [4.78, 5) is 23.1. The Hall–Kier alpha value is -3.28. The molecule has 154 valence electrons. The molecule has 1 fully saturated rings. The standard InChI is InChI=1S/C24H24FN3O2/c1-28(21-5-3-2-4-6-21)23(29)18-9-7-17(8-10-18)19-15-26-24(27-16-19)30-22-13-11-20(25)12-14-22/h7-16,21H,2-6H2,1H3. The first-order chi connectivity index (χ1) is 14.6. The number of halogens is 1. The molecule has 3 aromatic rings. The van der Waals surface area contributed by atoms with Crippen molar-refractivity contribution in [2.75, 3.05) is 7.05 Å². The third-order valence-electron chi connectivity index (χ3n) is 5.56. The van der Waals surface area contributed by atoms with Gasteiger partial charge < -0.3 is 9.64 Å². The molecule has 2 aromatic carbocycles. The zero-order chi connectivity index (χ0) is 20.9. The molecule has 0 N–H and O–H groups in total. The molecule has 1 amide bonds. The van der Waals surface area contributed by atoms with Gasteiger partial charge in [0.1, 0.15) is 11.6 Å². The van der Waals surface area contributed by atoms with Crippen LogP contribution in [0.4, 0.5) is 4.39 Å². The van der Waals surface area contributed by atoms with Crippen LogP contribution in [0, 0.1) is 5.82 Å². The molecule has 6 heteroatoms. The Morgan fingerprint density at radius 3 is 2.20 bits per heavy atom. The molecule has 1 aromatic heterocycles. The molecule has 0 saturated heterocycles. The minimum atomic E-state index is -0.328. The molecule has 0 atom stereocenters. The molecular weight excluding hydrogens is 381 g/mol. The van der Waals surface area contributed by atoms with Crippen molar-refractivity contribution < 1.29 is 13.9 Å². The van der Waals surface area contributed by atoms with Gasteiger partial charge in [-0.15, -0.1) is 0 Å². The largest absolute Gasteiger partial charge is 0.424 e. The summed E-state index contributed by atoms with van der Waals surface area (Å²) < 4.78 is 18.5. The van der Waals surface area contributed by atoms with Crippen LogP contribution in [0.1, 0.15) is 42.5 Å². The lowest BCUT2D eigenvalue weighted by Gasteiger charge is -2.31. The van der Waals surface area contributed by atoms with E-state index in [0.29, 0.717) is 17.4 Å². The van der Waals surface area contributed by atoms with Crippen LogP contribution in [-0.4, -0.2) is 33.9 Å². The van der Waals surface area contributed by atoms with E-state index in [1.54, 1.807) is 12.4 Å². The van der Waals surface area contributed by atoms with Gasteiger partial charge >= 0.3 is 6.01 Å². The molecule has 5 nitrogen and oxygen atoms in total. The van der Waals surface area contributed by atoms with Gasteiger partial charge in [0, 0.05) is 36.6 Å². The minimum absolute atomic E-state index is 0.0627. The zero-order valence-electron chi connectivity index (χ0n) is 16.9. The number of hydrogen-bond donors (Lipinski definition) is 0. The molecule has 0 aliphatic heterocycles. The van der Waals surface area contributed by atoms with Gasteiger partial charge in [0.2, 0.25) is 0 Å². The maximum Gasteiger partial charge on any atom is 0.321 e. The van der Waals surface area contributed by atoms with Crippen molar-refractivity contribution in [2.24, 2.45) is 0 Å². The normalized spacial score (nSPS) is 14.3. The Kier molecular flexibility index (Phi) is 6.02. The van der Waals surface area contributed by atoms with E-state index in [9.17, 15) is 9.18 Å². The van der Waals surface area contributed by atoms with Crippen LogP contribution in [0.15, 0.2) is 60.9 Å². The zero-order valence-corrected chi connectivity index (χ0v) is 16.9. The lowest BCUT2D eigenvalue weighted by molar-refractivity contribution is 0.0696. The molecule has 1 saturated carbocycles. The molecule has 0 unspecified atom stereocenters. The highest BCUT2D eigenvalue weighted by molar-refractivity contribution is 5.94. The first kappa shape index (κ1) is 20.0. The fraction of sp³-hybridized carbons (Fsp3) is 0.292. The van der Waals surface area contributed by atoms with E-state index in [1.165, 1.54) is 43.5 Å². The number of hydrogen-bond acceptors (Lipinski definition) is 4. The monoisotopic (exact) mass is 405 g/mol. The van der Waals surface area contributed by atoms with Crippen LogP contribution in [0.25, 0.3) is 11.1 Å². The van der Waals surface area contributed by atoms with Gasteiger partial charge in [-0.05, 0) is 54.8 Å². The second-order valence-electron chi connectivity index (χ2n) is 7.60. The van der Waals surface area contributed by atoms with Gasteiger partial charge in [0.05, 0.1) is 0 Å². The fourth-order valence-electron chi connectivity index (χ4n) is 3.77. The van der Waals surface area contributed by atoms with Crippen molar-refractivity contribution in [3.63, 3.8) is 0 Å². The molecule has 4 rings (SSSR count). The lowest BCUT2D eigenvalue weighted by Crippen LogP contribution is -2.38. The van der Waals surface area contributed by atoms with E-state index in [0.717, 1.165) is 24.0 Å². The Morgan fingerprint density at radius 2 is 1.57 bits per heavy atom. The predicted octanol–water partition coefficient (Wildman–Crippen LogP) is 5.48. The molecule has 1 aliphatic rings. The van der Waals surface area contributed by atoms with E-state index in [4.69, 9.17) is 4.74 Å². The molecular formula is C24H24FN3O2. The number of carbonyl (C=O) groups excluding carboxylic acids is 1. The Labute approximate surface area is 175 Å². The molecule has 0 spiro atoms. The van der Waals surface area contributed by atoms with Crippen molar-refractivity contribution in [3.8, 4) is 22.9 Å². The van der Waals surface area contributed by atoms with E-state index in [2.05, 4.69) is 9.97 Å². The van der Waals surface area contributed by atoms with Crippen molar-refractivity contribution in [3.05, 3.63) is 72.3 Å². The number of ether oxygens (including phenoxy) is 1. The second-order valence-corrected chi connectivity index (χ2v) is 7.60. The third-order valence-corrected chi connectivity index (χ3v) is 5.56. The number of rotatable bonds is 5. The van der Waals surface area contributed by atoms with Crippen molar-refractivity contribution in [2.45, 2.75) is 38.1 Å². The summed E-state index contributed by atoms with van der Waals surface area (Å²) in [5, 5.41) is 0. The first-order valence-corrected chi connectivity index (χ1v) is 10.2. The fourth-order valence-corrected chi connectivity index (χ4v) is 3.77. The maximum atomic E-state index is 13.0. The summed E-state index contributed by atoms with van der Waals surface area (Å²) in [5.74, 6) is 0.201. The van der Waals surface area contributed by atoms with Crippen LogP contribution in [0.3, 0.4) is 0 Å². The molecule has 1 aliphatic carbocycles. The first-order valence-electron chi connectivity index (χ1n) is 10.2. The lowest BCUT2D eigenvalue weighted by atomic mass is 9.94. The van der Waals surface area contributed by atoms with Crippen molar-refractivity contribution >= 4 is 5.91 Å². The van der Waals surface area contributed by atoms with Gasteiger partial charge in [-0.25, -0.2) is 14.4 Å². The maximum absolute atomic E-state index is 13.0.